The molecule has 1 aliphatic rings. The van der Waals surface area contributed by atoms with Crippen molar-refractivity contribution in [3.8, 4) is 0 Å². The molecule has 1 saturated heterocycles. The van der Waals surface area contributed by atoms with Crippen molar-refractivity contribution in [2.75, 3.05) is 26.7 Å². The Kier molecular flexibility index (Phi) is 2.52. The summed E-state index contributed by atoms with van der Waals surface area (Å²) in [6.07, 6.45) is 0. The number of hydrogen-bond acceptors (Lipinski definition) is 3. The zero-order valence-electron chi connectivity index (χ0n) is 8.02. The average molecular weight is 157 g/mol. The normalized spacial score (nSPS) is 27.3. The largest absolute Gasteiger partial charge is 0.284 e. The molecule has 0 aromatic carbocycles. The molecule has 66 valence electrons. The van der Waals surface area contributed by atoms with E-state index in [1.807, 2.05) is 0 Å². The maximum atomic E-state index is 3.42. The van der Waals surface area contributed by atoms with Crippen LogP contribution in [0.2, 0.25) is 0 Å². The Morgan fingerprint density at radius 2 is 2.00 bits per heavy atom. The number of rotatable bonds is 1. The highest BCUT2D eigenvalue weighted by atomic mass is 15.6. The van der Waals surface area contributed by atoms with Gasteiger partial charge in [0.2, 0.25) is 0 Å². The minimum Gasteiger partial charge on any atom is -0.284 e. The molecule has 0 aromatic rings. The second-order valence-corrected chi connectivity index (χ2v) is 3.67. The Bertz CT molecular complexity index is 133. The number of nitrogens with one attached hydrogen (secondary N) is 1. The first-order valence-electron chi connectivity index (χ1n) is 4.30. The first-order valence-corrected chi connectivity index (χ1v) is 4.30. The van der Waals surface area contributed by atoms with Gasteiger partial charge < -0.3 is 0 Å². The third-order valence-corrected chi connectivity index (χ3v) is 2.34. The van der Waals surface area contributed by atoms with E-state index in [9.17, 15) is 0 Å². The van der Waals surface area contributed by atoms with E-state index >= 15 is 0 Å². The molecular formula is C8H19N3. The van der Waals surface area contributed by atoms with Gasteiger partial charge in [-0.05, 0) is 20.4 Å². The first-order chi connectivity index (χ1) is 5.06. The zero-order chi connectivity index (χ0) is 8.48. The molecule has 3 heteroatoms. The van der Waals surface area contributed by atoms with Gasteiger partial charge in [0.1, 0.15) is 0 Å². The molecule has 3 nitrogen and oxygen atoms in total. The van der Waals surface area contributed by atoms with E-state index in [0.717, 1.165) is 19.6 Å². The summed E-state index contributed by atoms with van der Waals surface area (Å²) in [5.41, 5.74) is 3.54. The first kappa shape index (κ1) is 8.97. The van der Waals surface area contributed by atoms with E-state index in [2.05, 4.69) is 43.2 Å². The van der Waals surface area contributed by atoms with E-state index in [1.54, 1.807) is 0 Å². The van der Waals surface area contributed by atoms with E-state index in [0.29, 0.717) is 0 Å². The van der Waals surface area contributed by atoms with Crippen LogP contribution in [-0.4, -0.2) is 42.3 Å². The fourth-order valence-corrected chi connectivity index (χ4v) is 1.70. The minimum atomic E-state index is 0.127. The van der Waals surface area contributed by atoms with Gasteiger partial charge in [0, 0.05) is 20.1 Å². The van der Waals surface area contributed by atoms with Crippen LogP contribution in [-0.2, 0) is 0 Å². The van der Waals surface area contributed by atoms with Crippen LogP contribution in [0, 0.1) is 0 Å². The Balaban J connectivity index is 2.56. The Morgan fingerprint density at radius 1 is 1.36 bits per heavy atom. The van der Waals surface area contributed by atoms with Crippen LogP contribution >= 0.6 is 0 Å². The third kappa shape index (κ3) is 1.92. The summed E-state index contributed by atoms with van der Waals surface area (Å²) in [4.78, 5) is 2.44. The maximum absolute atomic E-state index is 3.42. The van der Waals surface area contributed by atoms with Crippen LogP contribution < -0.4 is 5.43 Å². The minimum absolute atomic E-state index is 0.127. The number of likely N-dealkylation sites (N-methyl/N-ethyl adjacent to an activating group) is 2. The molecular weight excluding hydrogens is 138 g/mol. The lowest BCUT2D eigenvalue weighted by atomic mass is 10.2. The SMILES string of the molecule is CCN1CCN(C)NC1(C)C. The van der Waals surface area contributed by atoms with E-state index in [4.69, 9.17) is 0 Å². The molecule has 0 radical (unpaired) electrons. The smallest absolute Gasteiger partial charge is 0.0787 e. The van der Waals surface area contributed by atoms with Crippen molar-refractivity contribution < 1.29 is 0 Å². The number of nitrogens with zero attached hydrogens (tertiary/aromatic N) is 2. The maximum Gasteiger partial charge on any atom is 0.0787 e. The monoisotopic (exact) mass is 157 g/mol. The summed E-state index contributed by atoms with van der Waals surface area (Å²) in [6.45, 7) is 10.0. The Hall–Kier alpha value is -0.120. The number of hydrazine groups is 1. The molecule has 0 bridgehead atoms. The van der Waals surface area contributed by atoms with Gasteiger partial charge in [-0.1, -0.05) is 6.92 Å². The van der Waals surface area contributed by atoms with Gasteiger partial charge in [0.05, 0.1) is 5.66 Å². The lowest BCUT2D eigenvalue weighted by molar-refractivity contribution is -0.0322. The molecule has 0 aliphatic carbocycles. The Labute approximate surface area is 69.3 Å². The van der Waals surface area contributed by atoms with Crippen molar-refractivity contribution in [2.24, 2.45) is 0 Å². The van der Waals surface area contributed by atoms with Gasteiger partial charge in [0.15, 0.2) is 0 Å². The Morgan fingerprint density at radius 3 is 2.45 bits per heavy atom. The van der Waals surface area contributed by atoms with Crippen LogP contribution in [0.3, 0.4) is 0 Å². The predicted octanol–water partition coefficient (Wildman–Crippen LogP) is 0.494. The van der Waals surface area contributed by atoms with Crippen molar-refractivity contribution in [1.29, 1.82) is 0 Å². The molecule has 1 rings (SSSR count). The van der Waals surface area contributed by atoms with Gasteiger partial charge in [-0.25, -0.2) is 10.4 Å². The van der Waals surface area contributed by atoms with Gasteiger partial charge in [-0.2, -0.15) is 0 Å². The van der Waals surface area contributed by atoms with Crippen molar-refractivity contribution in [3.63, 3.8) is 0 Å². The molecule has 0 spiro atoms. The summed E-state index contributed by atoms with van der Waals surface area (Å²) in [5.74, 6) is 0. The van der Waals surface area contributed by atoms with Gasteiger partial charge in [-0.3, -0.25) is 4.90 Å². The molecule has 1 fully saturated rings. The second-order valence-electron chi connectivity index (χ2n) is 3.67. The van der Waals surface area contributed by atoms with Crippen molar-refractivity contribution >= 4 is 0 Å². The molecule has 1 heterocycles. The highest BCUT2D eigenvalue weighted by Gasteiger charge is 2.29. The molecule has 0 aromatic heterocycles. The van der Waals surface area contributed by atoms with Crippen LogP contribution in [0.4, 0.5) is 0 Å². The predicted molar refractivity (Wildman–Crippen MR) is 47.1 cm³/mol. The third-order valence-electron chi connectivity index (χ3n) is 2.34. The van der Waals surface area contributed by atoms with Crippen LogP contribution in [0.5, 0.6) is 0 Å². The molecule has 11 heavy (non-hydrogen) atoms. The fourth-order valence-electron chi connectivity index (χ4n) is 1.70. The topological polar surface area (TPSA) is 18.5 Å². The standard InChI is InChI=1S/C8H19N3/c1-5-11-7-6-10(4)9-8(11,2)3/h9H,5-7H2,1-4H3. The second kappa shape index (κ2) is 3.09. The van der Waals surface area contributed by atoms with Gasteiger partial charge in [0.25, 0.3) is 0 Å². The van der Waals surface area contributed by atoms with E-state index < -0.39 is 0 Å². The van der Waals surface area contributed by atoms with E-state index in [-0.39, 0.29) is 5.66 Å². The van der Waals surface area contributed by atoms with E-state index in [1.165, 1.54) is 0 Å². The van der Waals surface area contributed by atoms with Crippen molar-refractivity contribution in [3.05, 3.63) is 0 Å². The molecule has 0 saturated carbocycles. The average Bonchev–Trinajstić information content (AvgIpc) is 1.85. The molecule has 0 amide bonds. The van der Waals surface area contributed by atoms with Crippen LogP contribution in [0.15, 0.2) is 0 Å². The summed E-state index contributed by atoms with van der Waals surface area (Å²) < 4.78 is 0. The lowest BCUT2D eigenvalue weighted by Gasteiger charge is -2.46. The summed E-state index contributed by atoms with van der Waals surface area (Å²) in [7, 11) is 2.09. The highest BCUT2D eigenvalue weighted by molar-refractivity contribution is 4.81. The molecule has 1 aliphatic heterocycles. The molecule has 0 unspecified atom stereocenters. The summed E-state index contributed by atoms with van der Waals surface area (Å²) in [6, 6.07) is 0. The van der Waals surface area contributed by atoms with Gasteiger partial charge in [-0.15, -0.1) is 0 Å². The van der Waals surface area contributed by atoms with Crippen LogP contribution in [0.25, 0.3) is 0 Å². The molecule has 0 atom stereocenters. The highest BCUT2D eigenvalue weighted by Crippen LogP contribution is 2.13. The fraction of sp³-hybridized carbons (Fsp3) is 1.00. The van der Waals surface area contributed by atoms with Crippen molar-refractivity contribution in [2.45, 2.75) is 26.4 Å². The lowest BCUT2D eigenvalue weighted by Crippen LogP contribution is -2.65. The number of hydrogen-bond donors (Lipinski definition) is 1. The molecule has 1 N–H and O–H groups in total. The quantitative estimate of drug-likeness (QED) is 0.598. The summed E-state index contributed by atoms with van der Waals surface area (Å²) in [5, 5.41) is 2.16. The van der Waals surface area contributed by atoms with Crippen LogP contribution in [0.1, 0.15) is 20.8 Å². The van der Waals surface area contributed by atoms with Gasteiger partial charge >= 0.3 is 0 Å². The van der Waals surface area contributed by atoms with Crippen molar-refractivity contribution in [1.82, 2.24) is 15.3 Å². The summed E-state index contributed by atoms with van der Waals surface area (Å²) >= 11 is 0. The zero-order valence-corrected chi connectivity index (χ0v) is 8.02.